The zero-order valence-corrected chi connectivity index (χ0v) is 26.7. The van der Waals surface area contributed by atoms with Crippen LogP contribution in [0.3, 0.4) is 0 Å². The number of ether oxygens (including phenoxy) is 4. The van der Waals surface area contributed by atoms with Crippen LogP contribution in [0.15, 0.2) is 48.0 Å². The van der Waals surface area contributed by atoms with Gasteiger partial charge in [0, 0.05) is 5.56 Å². The number of nitrogens with zero attached hydrogens (tertiary/aromatic N) is 2. The summed E-state index contributed by atoms with van der Waals surface area (Å²) in [5, 5.41) is 11.7. The van der Waals surface area contributed by atoms with Crippen LogP contribution in [-0.4, -0.2) is 55.2 Å². The number of benzene rings is 2. The molecule has 1 unspecified atom stereocenters. The highest BCUT2D eigenvalue weighted by atomic mass is 32.1. The first-order chi connectivity index (χ1) is 21.1. The molecule has 1 aliphatic rings. The average molecular weight is 623 g/mol. The zero-order valence-electron chi connectivity index (χ0n) is 25.8. The number of aliphatic hydroxyl groups excluding tert-OH is 1. The van der Waals surface area contributed by atoms with Crippen LogP contribution in [0.25, 0.3) is 5.76 Å². The number of rotatable bonds is 13. The average Bonchev–Trinajstić information content (AvgIpc) is 3.52. The third-order valence-corrected chi connectivity index (χ3v) is 8.29. The Morgan fingerprint density at radius 1 is 1.05 bits per heavy atom. The Labute approximate surface area is 261 Å². The summed E-state index contributed by atoms with van der Waals surface area (Å²) in [6.45, 7) is 8.94. The van der Waals surface area contributed by atoms with Crippen molar-refractivity contribution in [3.05, 3.63) is 69.7 Å². The second-order valence-corrected chi connectivity index (χ2v) is 11.7. The molecule has 1 aliphatic heterocycles. The van der Waals surface area contributed by atoms with Crippen molar-refractivity contribution in [2.24, 2.45) is 5.92 Å². The van der Waals surface area contributed by atoms with Gasteiger partial charge >= 0.3 is 11.9 Å². The summed E-state index contributed by atoms with van der Waals surface area (Å²) in [6.07, 6.45) is 2.75. The Bertz CT molecular complexity index is 1540. The van der Waals surface area contributed by atoms with Crippen LogP contribution in [0.5, 0.6) is 17.2 Å². The van der Waals surface area contributed by atoms with E-state index in [-0.39, 0.29) is 21.3 Å². The molecule has 0 spiro atoms. The molecule has 3 aromatic rings. The largest absolute Gasteiger partial charge is 0.507 e. The van der Waals surface area contributed by atoms with E-state index < -0.39 is 23.7 Å². The highest BCUT2D eigenvalue weighted by Crippen LogP contribution is 2.45. The van der Waals surface area contributed by atoms with Gasteiger partial charge in [-0.15, -0.1) is 0 Å². The number of aliphatic hydroxyl groups is 1. The molecular formula is C33H38N2O8S. The van der Waals surface area contributed by atoms with E-state index in [1.807, 2.05) is 0 Å². The lowest BCUT2D eigenvalue weighted by molar-refractivity contribution is -0.132. The van der Waals surface area contributed by atoms with Crippen LogP contribution >= 0.6 is 11.3 Å². The summed E-state index contributed by atoms with van der Waals surface area (Å²) in [7, 11) is 2.76. The number of unbranched alkanes of at least 4 members (excludes halogenated alkanes) is 1. The Morgan fingerprint density at radius 2 is 1.77 bits per heavy atom. The van der Waals surface area contributed by atoms with E-state index in [1.54, 1.807) is 49.4 Å². The highest BCUT2D eigenvalue weighted by Gasteiger charge is 2.48. The lowest BCUT2D eigenvalue weighted by Gasteiger charge is -2.24. The molecule has 1 fully saturated rings. The summed E-state index contributed by atoms with van der Waals surface area (Å²) >= 11 is 0.932. The minimum atomic E-state index is -1.08. The Morgan fingerprint density at radius 3 is 2.41 bits per heavy atom. The van der Waals surface area contributed by atoms with E-state index in [0.29, 0.717) is 53.2 Å². The molecule has 1 aromatic heterocycles. The quantitative estimate of drug-likeness (QED) is 0.0750. The Balaban J connectivity index is 1.83. The molecule has 0 radical (unpaired) electrons. The maximum absolute atomic E-state index is 13.6. The van der Waals surface area contributed by atoms with Crippen LogP contribution in [0.2, 0.25) is 0 Å². The van der Waals surface area contributed by atoms with E-state index in [1.165, 1.54) is 19.1 Å². The van der Waals surface area contributed by atoms with E-state index in [2.05, 4.69) is 25.8 Å². The molecular weight excluding hydrogens is 584 g/mol. The highest BCUT2D eigenvalue weighted by molar-refractivity contribution is 7.17. The fraction of sp³-hybridized carbons (Fsp3) is 0.394. The van der Waals surface area contributed by atoms with Gasteiger partial charge in [0.2, 0.25) is 0 Å². The van der Waals surface area contributed by atoms with Gasteiger partial charge in [-0.2, -0.15) is 0 Å². The number of thiazole rings is 1. The van der Waals surface area contributed by atoms with Crippen molar-refractivity contribution >= 4 is 39.9 Å². The first-order valence-corrected chi connectivity index (χ1v) is 15.3. The number of anilines is 1. The third kappa shape index (κ3) is 6.88. The third-order valence-electron chi connectivity index (χ3n) is 7.16. The van der Waals surface area contributed by atoms with E-state index in [4.69, 9.17) is 18.9 Å². The maximum Gasteiger partial charge on any atom is 0.350 e. The topological polar surface area (TPSA) is 124 Å². The van der Waals surface area contributed by atoms with Crippen molar-refractivity contribution in [2.45, 2.75) is 53.0 Å². The number of carbonyl (C=O) groups is 3. The van der Waals surface area contributed by atoms with Crippen molar-refractivity contribution < 1.29 is 38.4 Å². The van der Waals surface area contributed by atoms with Crippen molar-refractivity contribution in [3.8, 4) is 17.2 Å². The molecule has 1 saturated heterocycles. The summed E-state index contributed by atoms with van der Waals surface area (Å²) in [4.78, 5) is 45.5. The molecule has 1 N–H and O–H groups in total. The van der Waals surface area contributed by atoms with E-state index in [9.17, 15) is 19.5 Å². The molecule has 1 amide bonds. The fourth-order valence-corrected chi connectivity index (χ4v) is 5.70. The minimum Gasteiger partial charge on any atom is -0.507 e. The molecule has 0 saturated carbocycles. The normalized spacial score (nSPS) is 16.0. The van der Waals surface area contributed by atoms with Gasteiger partial charge in [-0.3, -0.25) is 14.5 Å². The maximum atomic E-state index is 13.6. The first-order valence-electron chi connectivity index (χ1n) is 14.5. The number of esters is 1. The second-order valence-electron chi connectivity index (χ2n) is 10.7. The van der Waals surface area contributed by atoms with Crippen molar-refractivity contribution in [2.75, 3.05) is 32.3 Å². The number of methoxy groups -OCH3 is 2. The fourth-order valence-electron chi connectivity index (χ4n) is 4.69. The number of aromatic nitrogens is 1. The van der Waals surface area contributed by atoms with Gasteiger partial charge in [-0.1, -0.05) is 44.6 Å². The molecule has 4 rings (SSSR count). The van der Waals surface area contributed by atoms with Crippen LogP contribution in [0.4, 0.5) is 5.13 Å². The van der Waals surface area contributed by atoms with Crippen molar-refractivity contribution in [3.63, 3.8) is 0 Å². The molecule has 1 atom stereocenters. The second kappa shape index (κ2) is 14.4. The number of hydrogen-bond acceptors (Lipinski definition) is 10. The summed E-state index contributed by atoms with van der Waals surface area (Å²) in [5.74, 6) is -0.760. The molecule has 0 aliphatic carbocycles. The minimum absolute atomic E-state index is 0.116. The molecule has 2 aromatic carbocycles. The number of ketones is 1. The monoisotopic (exact) mass is 622 g/mol. The van der Waals surface area contributed by atoms with E-state index in [0.717, 1.165) is 30.6 Å². The van der Waals surface area contributed by atoms with Gasteiger partial charge in [0.05, 0.1) is 44.7 Å². The molecule has 0 bridgehead atoms. The van der Waals surface area contributed by atoms with Gasteiger partial charge in [-0.25, -0.2) is 9.78 Å². The molecule has 11 heteroatoms. The van der Waals surface area contributed by atoms with Crippen LogP contribution < -0.4 is 19.1 Å². The van der Waals surface area contributed by atoms with Crippen LogP contribution in [-0.2, 0) is 14.3 Å². The predicted molar refractivity (Wildman–Crippen MR) is 168 cm³/mol. The number of amides is 1. The van der Waals surface area contributed by atoms with Gasteiger partial charge in [0.15, 0.2) is 16.6 Å². The van der Waals surface area contributed by atoms with Gasteiger partial charge in [-0.05, 0) is 67.6 Å². The van der Waals surface area contributed by atoms with Gasteiger partial charge in [0.25, 0.3) is 5.78 Å². The van der Waals surface area contributed by atoms with Gasteiger partial charge < -0.3 is 24.1 Å². The standard InChI is InChI=1S/C33H38N2O8S/c1-7-8-16-42-23-12-9-21(10-13-23)28(36)26-27(22-11-14-24(25(18-22)40-5)43-17-15-19(2)3)35(31(38)29(26)37)33-34-20(4)30(44-33)32(39)41-6/h9-14,18-19,27,36H,7-8,15-17H2,1-6H3. The van der Waals surface area contributed by atoms with Crippen molar-refractivity contribution in [1.82, 2.24) is 4.98 Å². The molecule has 2 heterocycles. The smallest absolute Gasteiger partial charge is 0.350 e. The van der Waals surface area contributed by atoms with Crippen LogP contribution in [0.1, 0.15) is 72.6 Å². The molecule has 10 nitrogen and oxygen atoms in total. The SMILES string of the molecule is CCCCOc1ccc(C(O)=C2C(=O)C(=O)N(c3nc(C)c(C(=O)OC)s3)C2c2ccc(OCCC(C)C)c(OC)c2)cc1. The lowest BCUT2D eigenvalue weighted by atomic mass is 9.95. The van der Waals surface area contributed by atoms with Gasteiger partial charge in [0.1, 0.15) is 16.4 Å². The van der Waals surface area contributed by atoms with E-state index >= 15 is 0 Å². The lowest BCUT2D eigenvalue weighted by Crippen LogP contribution is -2.29. The summed E-state index contributed by atoms with van der Waals surface area (Å²) in [6, 6.07) is 10.7. The molecule has 44 heavy (non-hydrogen) atoms. The first kappa shape index (κ1) is 32.5. The van der Waals surface area contributed by atoms with Crippen LogP contribution in [0, 0.1) is 12.8 Å². The van der Waals surface area contributed by atoms with Crippen molar-refractivity contribution in [1.29, 1.82) is 0 Å². The Kier molecular flexibility index (Phi) is 10.6. The number of hydrogen-bond donors (Lipinski definition) is 1. The summed E-state index contributed by atoms with van der Waals surface area (Å²) < 4.78 is 22.2. The predicted octanol–water partition coefficient (Wildman–Crippen LogP) is 6.48. The number of carbonyl (C=O) groups excluding carboxylic acids is 3. The Hall–Kier alpha value is -4.38. The zero-order chi connectivity index (χ0) is 32.0. The number of Topliss-reactive ketones (excluding diaryl/α,β-unsaturated/α-hetero) is 1. The number of aryl methyl sites for hydroxylation is 1. The molecule has 234 valence electrons. The summed E-state index contributed by atoms with van der Waals surface area (Å²) in [5.41, 5.74) is 1.04.